The standard InChI is InChI=1S/C14H12N2O4/c17-13(9-3-4-9)16(19)11-5-6-12(20-14(11)18)10-2-1-7-15-8-10/h1-2,5-9,19H,3-4H2. The van der Waals surface area contributed by atoms with Crippen LogP contribution in [0.15, 0.2) is 45.9 Å². The van der Waals surface area contributed by atoms with E-state index >= 15 is 0 Å². The van der Waals surface area contributed by atoms with E-state index in [1.807, 2.05) is 0 Å². The molecule has 1 aliphatic carbocycles. The Kier molecular flexibility index (Phi) is 3.08. The molecule has 0 aliphatic heterocycles. The number of carbonyl (C=O) groups excluding carboxylic acids is 1. The highest BCUT2D eigenvalue weighted by molar-refractivity contribution is 5.94. The van der Waals surface area contributed by atoms with Crippen LogP contribution in [0, 0.1) is 5.92 Å². The molecule has 1 amide bonds. The van der Waals surface area contributed by atoms with E-state index < -0.39 is 11.5 Å². The Bertz CT molecular complexity index is 692. The van der Waals surface area contributed by atoms with Crippen molar-refractivity contribution in [2.24, 2.45) is 5.92 Å². The Balaban J connectivity index is 1.91. The lowest BCUT2D eigenvalue weighted by molar-refractivity contribution is -0.124. The lowest BCUT2D eigenvalue weighted by Crippen LogP contribution is -2.32. The first-order valence-corrected chi connectivity index (χ1v) is 6.24. The normalized spacial score (nSPS) is 14.1. The summed E-state index contributed by atoms with van der Waals surface area (Å²) < 4.78 is 5.12. The van der Waals surface area contributed by atoms with Gasteiger partial charge in [0.2, 0.25) is 0 Å². The molecule has 6 heteroatoms. The molecule has 3 rings (SSSR count). The second-order valence-electron chi connectivity index (χ2n) is 4.64. The molecule has 1 aliphatic rings. The Hall–Kier alpha value is -2.47. The average molecular weight is 272 g/mol. The first kappa shape index (κ1) is 12.6. The van der Waals surface area contributed by atoms with Crippen molar-refractivity contribution in [1.29, 1.82) is 0 Å². The molecule has 2 heterocycles. The van der Waals surface area contributed by atoms with Crippen LogP contribution in [0.1, 0.15) is 12.8 Å². The zero-order chi connectivity index (χ0) is 14.1. The van der Waals surface area contributed by atoms with Gasteiger partial charge in [-0.15, -0.1) is 0 Å². The summed E-state index contributed by atoms with van der Waals surface area (Å²) in [7, 11) is 0. The minimum absolute atomic E-state index is 0.172. The predicted molar refractivity (Wildman–Crippen MR) is 70.2 cm³/mol. The Morgan fingerprint density at radius 2 is 2.15 bits per heavy atom. The van der Waals surface area contributed by atoms with Crippen LogP contribution in [-0.4, -0.2) is 16.1 Å². The van der Waals surface area contributed by atoms with E-state index in [4.69, 9.17) is 4.42 Å². The second kappa shape index (κ2) is 4.90. The topological polar surface area (TPSA) is 83.6 Å². The SMILES string of the molecule is O=C(C1CC1)N(O)c1ccc(-c2cccnc2)oc1=O. The lowest BCUT2D eigenvalue weighted by atomic mass is 10.2. The summed E-state index contributed by atoms with van der Waals surface area (Å²) in [5, 5.41) is 10.1. The monoisotopic (exact) mass is 272 g/mol. The number of hydroxylamine groups is 1. The molecule has 0 bridgehead atoms. The van der Waals surface area contributed by atoms with E-state index in [1.165, 1.54) is 12.1 Å². The fraction of sp³-hybridized carbons (Fsp3) is 0.214. The molecule has 2 aromatic heterocycles. The summed E-state index contributed by atoms with van der Waals surface area (Å²) in [5.74, 6) is -0.317. The Morgan fingerprint density at radius 3 is 2.75 bits per heavy atom. The molecule has 0 radical (unpaired) electrons. The molecule has 2 aromatic rings. The van der Waals surface area contributed by atoms with Gasteiger partial charge in [-0.2, -0.15) is 5.06 Å². The Morgan fingerprint density at radius 1 is 1.35 bits per heavy atom. The first-order chi connectivity index (χ1) is 9.66. The second-order valence-corrected chi connectivity index (χ2v) is 4.64. The van der Waals surface area contributed by atoms with Crippen LogP contribution in [-0.2, 0) is 4.79 Å². The smallest absolute Gasteiger partial charge is 0.362 e. The number of nitrogens with zero attached hydrogens (tertiary/aromatic N) is 2. The van der Waals surface area contributed by atoms with Crippen LogP contribution < -0.4 is 10.7 Å². The summed E-state index contributed by atoms with van der Waals surface area (Å²) in [5.41, 5.74) is -0.286. The maximum absolute atomic E-state index is 11.9. The number of carbonyl (C=O) groups is 1. The van der Waals surface area contributed by atoms with Crippen molar-refractivity contribution in [3.05, 3.63) is 47.1 Å². The molecule has 1 saturated carbocycles. The number of anilines is 1. The summed E-state index contributed by atoms with van der Waals surface area (Å²) in [6, 6.07) is 6.36. The van der Waals surface area contributed by atoms with Gasteiger partial charge >= 0.3 is 5.63 Å². The molecule has 1 fully saturated rings. The maximum Gasteiger partial charge on any atom is 0.362 e. The Labute approximate surface area is 114 Å². The molecule has 102 valence electrons. The molecule has 20 heavy (non-hydrogen) atoms. The van der Waals surface area contributed by atoms with E-state index in [0.29, 0.717) is 16.4 Å². The number of aromatic nitrogens is 1. The molecule has 0 atom stereocenters. The van der Waals surface area contributed by atoms with Crippen LogP contribution in [0.4, 0.5) is 5.69 Å². The fourth-order valence-corrected chi connectivity index (χ4v) is 1.85. The van der Waals surface area contributed by atoms with Gasteiger partial charge in [-0.25, -0.2) is 4.79 Å². The summed E-state index contributed by atoms with van der Waals surface area (Å²) in [4.78, 5) is 27.5. The van der Waals surface area contributed by atoms with Crippen molar-refractivity contribution < 1.29 is 14.4 Å². The van der Waals surface area contributed by atoms with Gasteiger partial charge in [0.15, 0.2) is 5.69 Å². The van der Waals surface area contributed by atoms with E-state index in [2.05, 4.69) is 4.98 Å². The van der Waals surface area contributed by atoms with Crippen molar-refractivity contribution >= 4 is 11.6 Å². The maximum atomic E-state index is 11.9. The molecule has 6 nitrogen and oxygen atoms in total. The van der Waals surface area contributed by atoms with Gasteiger partial charge in [-0.3, -0.25) is 15.0 Å². The van der Waals surface area contributed by atoms with Gasteiger partial charge < -0.3 is 4.42 Å². The summed E-state index contributed by atoms with van der Waals surface area (Å²) in [6.07, 6.45) is 4.66. The average Bonchev–Trinajstić information content (AvgIpc) is 3.31. The van der Waals surface area contributed by atoms with Crippen molar-refractivity contribution in [3.8, 4) is 11.3 Å². The minimum atomic E-state index is -0.761. The summed E-state index contributed by atoms with van der Waals surface area (Å²) >= 11 is 0. The first-order valence-electron chi connectivity index (χ1n) is 6.24. The van der Waals surface area contributed by atoms with Gasteiger partial charge in [-0.05, 0) is 37.1 Å². The third kappa shape index (κ3) is 2.33. The predicted octanol–water partition coefficient (Wildman–Crippen LogP) is 1.83. The van der Waals surface area contributed by atoms with E-state index in [0.717, 1.165) is 12.8 Å². The van der Waals surface area contributed by atoms with Gasteiger partial charge in [0.05, 0.1) is 0 Å². The van der Waals surface area contributed by atoms with E-state index in [-0.39, 0.29) is 11.6 Å². The number of pyridine rings is 1. The fourth-order valence-electron chi connectivity index (χ4n) is 1.85. The molecule has 0 saturated heterocycles. The number of hydrogen-bond acceptors (Lipinski definition) is 5. The van der Waals surface area contributed by atoms with E-state index in [1.54, 1.807) is 24.5 Å². The van der Waals surface area contributed by atoms with Crippen LogP contribution in [0.25, 0.3) is 11.3 Å². The number of amides is 1. The third-order valence-corrected chi connectivity index (χ3v) is 3.11. The van der Waals surface area contributed by atoms with Crippen molar-refractivity contribution in [2.45, 2.75) is 12.8 Å². The minimum Gasteiger partial charge on any atom is -0.421 e. The van der Waals surface area contributed by atoms with Crippen LogP contribution in [0.3, 0.4) is 0 Å². The van der Waals surface area contributed by atoms with Crippen LogP contribution >= 0.6 is 0 Å². The molecule has 0 spiro atoms. The highest BCUT2D eigenvalue weighted by Crippen LogP contribution is 2.31. The number of hydrogen-bond donors (Lipinski definition) is 1. The third-order valence-electron chi connectivity index (χ3n) is 3.11. The highest BCUT2D eigenvalue weighted by Gasteiger charge is 2.34. The summed E-state index contributed by atoms with van der Waals surface area (Å²) in [6.45, 7) is 0. The molecule has 0 aromatic carbocycles. The number of rotatable bonds is 3. The largest absolute Gasteiger partial charge is 0.421 e. The molecule has 1 N–H and O–H groups in total. The van der Waals surface area contributed by atoms with Gasteiger partial charge in [0.25, 0.3) is 5.91 Å². The molecular weight excluding hydrogens is 260 g/mol. The zero-order valence-corrected chi connectivity index (χ0v) is 10.5. The quantitative estimate of drug-likeness (QED) is 0.680. The van der Waals surface area contributed by atoms with Crippen LogP contribution in [0.2, 0.25) is 0 Å². The zero-order valence-electron chi connectivity index (χ0n) is 10.5. The van der Waals surface area contributed by atoms with Gasteiger partial charge in [0, 0.05) is 23.9 Å². The molecule has 0 unspecified atom stereocenters. The van der Waals surface area contributed by atoms with E-state index in [9.17, 15) is 14.8 Å². The highest BCUT2D eigenvalue weighted by atomic mass is 16.5. The van der Waals surface area contributed by atoms with Crippen molar-refractivity contribution in [2.75, 3.05) is 5.06 Å². The molecular formula is C14H12N2O4. The van der Waals surface area contributed by atoms with Crippen molar-refractivity contribution in [3.63, 3.8) is 0 Å². The lowest BCUT2D eigenvalue weighted by Gasteiger charge is -2.13. The van der Waals surface area contributed by atoms with Crippen LogP contribution in [0.5, 0.6) is 0 Å². The van der Waals surface area contributed by atoms with Crippen molar-refractivity contribution in [1.82, 2.24) is 4.98 Å². The van der Waals surface area contributed by atoms with Gasteiger partial charge in [0.1, 0.15) is 5.76 Å². The van der Waals surface area contributed by atoms with Gasteiger partial charge in [-0.1, -0.05) is 0 Å².